The molecule has 0 radical (unpaired) electrons. The molecule has 0 bridgehead atoms. The second-order valence-corrected chi connectivity index (χ2v) is 3.25. The van der Waals surface area contributed by atoms with Gasteiger partial charge in [-0.15, -0.1) is 0 Å². The van der Waals surface area contributed by atoms with Crippen molar-refractivity contribution in [1.29, 1.82) is 0 Å². The zero-order valence-corrected chi connectivity index (χ0v) is 7.71. The monoisotopic (exact) mass is 174 g/mol. The molecule has 12 heavy (non-hydrogen) atoms. The van der Waals surface area contributed by atoms with Gasteiger partial charge in [-0.05, 0) is 38.8 Å². The third-order valence-electron chi connectivity index (χ3n) is 1.98. The van der Waals surface area contributed by atoms with Crippen LogP contribution in [0.5, 0.6) is 0 Å². The molecular weight excluding hydrogens is 152 g/mol. The maximum atomic E-state index is 5.76. The average molecular weight is 174 g/mol. The SMILES string of the molecule is NCCC(N)CCC(N)CCN. The smallest absolute Gasteiger partial charge is 0.00514 e. The maximum Gasteiger partial charge on any atom is 0.00514 e. The van der Waals surface area contributed by atoms with E-state index in [1.807, 2.05) is 0 Å². The van der Waals surface area contributed by atoms with Crippen LogP contribution in [0, 0.1) is 0 Å². The van der Waals surface area contributed by atoms with E-state index in [9.17, 15) is 0 Å². The highest BCUT2D eigenvalue weighted by Gasteiger charge is 2.05. The van der Waals surface area contributed by atoms with Crippen LogP contribution in [0.15, 0.2) is 0 Å². The standard InChI is InChI=1S/C8H22N4/c9-5-3-7(11)1-2-8(12)4-6-10/h7-8H,1-6,9-12H2. The van der Waals surface area contributed by atoms with E-state index in [1.54, 1.807) is 0 Å². The van der Waals surface area contributed by atoms with Crippen LogP contribution in [0.25, 0.3) is 0 Å². The van der Waals surface area contributed by atoms with Crippen molar-refractivity contribution in [3.63, 3.8) is 0 Å². The second kappa shape index (κ2) is 7.49. The molecule has 0 aromatic heterocycles. The summed E-state index contributed by atoms with van der Waals surface area (Å²) in [6.45, 7) is 1.32. The van der Waals surface area contributed by atoms with Crippen LogP contribution in [-0.2, 0) is 0 Å². The van der Waals surface area contributed by atoms with Crippen LogP contribution in [0.4, 0.5) is 0 Å². The fourth-order valence-electron chi connectivity index (χ4n) is 1.14. The Labute approximate surface area is 74.7 Å². The molecule has 0 saturated heterocycles. The third-order valence-corrected chi connectivity index (χ3v) is 1.98. The molecule has 4 nitrogen and oxygen atoms in total. The lowest BCUT2D eigenvalue weighted by molar-refractivity contribution is 0.487. The minimum atomic E-state index is 0.207. The average Bonchev–Trinajstić information content (AvgIpc) is 2.02. The van der Waals surface area contributed by atoms with Gasteiger partial charge >= 0.3 is 0 Å². The Kier molecular flexibility index (Phi) is 7.39. The van der Waals surface area contributed by atoms with Gasteiger partial charge in [0, 0.05) is 12.1 Å². The van der Waals surface area contributed by atoms with Crippen molar-refractivity contribution < 1.29 is 0 Å². The first-order valence-corrected chi connectivity index (χ1v) is 4.62. The first kappa shape index (κ1) is 11.8. The Morgan fingerprint density at radius 2 is 1.00 bits per heavy atom. The van der Waals surface area contributed by atoms with E-state index in [4.69, 9.17) is 22.9 Å². The molecule has 0 aromatic carbocycles. The molecule has 0 saturated carbocycles. The van der Waals surface area contributed by atoms with E-state index < -0.39 is 0 Å². The second-order valence-electron chi connectivity index (χ2n) is 3.25. The normalized spacial score (nSPS) is 16.0. The minimum Gasteiger partial charge on any atom is -0.330 e. The summed E-state index contributed by atoms with van der Waals surface area (Å²) in [5.74, 6) is 0. The maximum absolute atomic E-state index is 5.76. The number of nitrogens with two attached hydrogens (primary N) is 4. The molecule has 0 aromatic rings. The topological polar surface area (TPSA) is 104 Å². The summed E-state index contributed by atoms with van der Waals surface area (Å²) in [4.78, 5) is 0. The van der Waals surface area contributed by atoms with Crippen LogP contribution in [0.1, 0.15) is 25.7 Å². The van der Waals surface area contributed by atoms with E-state index in [-0.39, 0.29) is 12.1 Å². The van der Waals surface area contributed by atoms with E-state index in [2.05, 4.69) is 0 Å². The zero-order chi connectivity index (χ0) is 9.40. The van der Waals surface area contributed by atoms with E-state index in [0.29, 0.717) is 13.1 Å². The lowest BCUT2D eigenvalue weighted by atomic mass is 10.0. The Hall–Kier alpha value is -0.160. The van der Waals surface area contributed by atoms with E-state index in [1.165, 1.54) is 0 Å². The third kappa shape index (κ3) is 6.54. The Balaban J connectivity index is 3.27. The summed E-state index contributed by atoms with van der Waals surface area (Å²) in [5, 5.41) is 0. The summed E-state index contributed by atoms with van der Waals surface area (Å²) in [6.07, 6.45) is 3.68. The van der Waals surface area contributed by atoms with Crippen molar-refractivity contribution in [3.8, 4) is 0 Å². The van der Waals surface area contributed by atoms with Crippen molar-refractivity contribution in [3.05, 3.63) is 0 Å². The largest absolute Gasteiger partial charge is 0.330 e. The van der Waals surface area contributed by atoms with Crippen LogP contribution >= 0.6 is 0 Å². The van der Waals surface area contributed by atoms with E-state index >= 15 is 0 Å². The Morgan fingerprint density at radius 3 is 1.25 bits per heavy atom. The molecule has 0 aliphatic carbocycles. The predicted octanol–water partition coefficient (Wildman–Crippen LogP) is -0.881. The van der Waals surface area contributed by atoms with E-state index in [0.717, 1.165) is 25.7 Å². The van der Waals surface area contributed by atoms with Gasteiger partial charge in [0.15, 0.2) is 0 Å². The molecule has 0 amide bonds. The van der Waals surface area contributed by atoms with Gasteiger partial charge in [-0.25, -0.2) is 0 Å². The quantitative estimate of drug-likeness (QED) is 0.402. The first-order valence-electron chi connectivity index (χ1n) is 4.62. The van der Waals surface area contributed by atoms with Crippen molar-refractivity contribution in [2.45, 2.75) is 37.8 Å². The van der Waals surface area contributed by atoms with Gasteiger partial charge in [-0.1, -0.05) is 0 Å². The van der Waals surface area contributed by atoms with Gasteiger partial charge in [0.05, 0.1) is 0 Å². The lowest BCUT2D eigenvalue weighted by Gasteiger charge is -2.13. The molecular formula is C8H22N4. The summed E-state index contributed by atoms with van der Waals surface area (Å²) in [6, 6.07) is 0.414. The number of hydrogen-bond donors (Lipinski definition) is 4. The van der Waals surface area contributed by atoms with Gasteiger partial charge in [-0.2, -0.15) is 0 Å². The molecule has 8 N–H and O–H groups in total. The molecule has 0 heterocycles. The predicted molar refractivity (Wildman–Crippen MR) is 52.5 cm³/mol. The number of rotatable bonds is 7. The van der Waals surface area contributed by atoms with Gasteiger partial charge in [0.1, 0.15) is 0 Å². The molecule has 0 aliphatic rings. The molecule has 0 rings (SSSR count). The van der Waals surface area contributed by atoms with Gasteiger partial charge in [-0.3, -0.25) is 0 Å². The van der Waals surface area contributed by atoms with Crippen molar-refractivity contribution in [2.24, 2.45) is 22.9 Å². The highest BCUT2D eigenvalue weighted by atomic mass is 14.7. The van der Waals surface area contributed by atoms with Crippen LogP contribution in [0.2, 0.25) is 0 Å². The molecule has 4 heteroatoms. The summed E-state index contributed by atoms with van der Waals surface area (Å²) < 4.78 is 0. The minimum absolute atomic E-state index is 0.207. The summed E-state index contributed by atoms with van der Waals surface area (Å²) in [7, 11) is 0. The Morgan fingerprint density at radius 1 is 0.667 bits per heavy atom. The molecule has 0 spiro atoms. The molecule has 2 atom stereocenters. The van der Waals surface area contributed by atoms with Gasteiger partial charge in [0.25, 0.3) is 0 Å². The first-order chi connectivity index (χ1) is 5.70. The highest BCUT2D eigenvalue weighted by molar-refractivity contribution is 4.68. The summed E-state index contributed by atoms with van der Waals surface area (Å²) >= 11 is 0. The molecule has 2 unspecified atom stereocenters. The van der Waals surface area contributed by atoms with Gasteiger partial charge < -0.3 is 22.9 Å². The van der Waals surface area contributed by atoms with Crippen molar-refractivity contribution >= 4 is 0 Å². The molecule has 0 aliphatic heterocycles. The summed E-state index contributed by atoms with van der Waals surface area (Å²) in [5.41, 5.74) is 22.3. The number of hydrogen-bond acceptors (Lipinski definition) is 4. The van der Waals surface area contributed by atoms with Crippen LogP contribution in [0.3, 0.4) is 0 Å². The lowest BCUT2D eigenvalue weighted by Crippen LogP contribution is -2.29. The fourth-order valence-corrected chi connectivity index (χ4v) is 1.14. The Bertz CT molecular complexity index is 85.1. The fraction of sp³-hybridized carbons (Fsp3) is 1.00. The zero-order valence-electron chi connectivity index (χ0n) is 7.71. The van der Waals surface area contributed by atoms with Crippen LogP contribution < -0.4 is 22.9 Å². The van der Waals surface area contributed by atoms with Crippen molar-refractivity contribution in [2.75, 3.05) is 13.1 Å². The van der Waals surface area contributed by atoms with Gasteiger partial charge in [0.2, 0.25) is 0 Å². The molecule has 0 fully saturated rings. The highest BCUT2D eigenvalue weighted by Crippen LogP contribution is 2.02. The van der Waals surface area contributed by atoms with Crippen LogP contribution in [-0.4, -0.2) is 25.2 Å². The molecule has 74 valence electrons. The van der Waals surface area contributed by atoms with Crippen molar-refractivity contribution in [1.82, 2.24) is 0 Å².